The fraction of sp³-hybridized carbons (Fsp3) is 0.645. The third kappa shape index (κ3) is 66.1. The van der Waals surface area contributed by atoms with Crippen LogP contribution in [-0.2, 0) is 28.6 Å². The first-order valence-electron chi connectivity index (χ1n) is 33.8. The number of rotatable bonds is 60. The van der Waals surface area contributed by atoms with Gasteiger partial charge in [0.1, 0.15) is 13.2 Å². The Kier molecular flexibility index (Phi) is 64.8. The molecule has 0 fully saturated rings. The van der Waals surface area contributed by atoms with Gasteiger partial charge in [-0.1, -0.05) is 282 Å². The molecule has 0 aromatic carbocycles. The highest BCUT2D eigenvalue weighted by atomic mass is 16.6. The van der Waals surface area contributed by atoms with E-state index < -0.39 is 6.10 Å². The van der Waals surface area contributed by atoms with E-state index in [9.17, 15) is 14.4 Å². The van der Waals surface area contributed by atoms with Crippen LogP contribution in [0.5, 0.6) is 0 Å². The number of carbonyl (C=O) groups is 3. The summed E-state index contributed by atoms with van der Waals surface area (Å²) in [4.78, 5) is 38.4. The third-order valence-corrected chi connectivity index (χ3v) is 14.1. The molecule has 0 amide bonds. The quantitative estimate of drug-likeness (QED) is 0.0261. The Hall–Kier alpha value is -4.71. The van der Waals surface area contributed by atoms with Gasteiger partial charge in [0.15, 0.2) is 6.10 Å². The summed E-state index contributed by atoms with van der Waals surface area (Å²) in [6.07, 6.45) is 98.5. The molecule has 6 heteroatoms. The second-order valence-corrected chi connectivity index (χ2v) is 22.0. The number of hydrogen-bond acceptors (Lipinski definition) is 6. The van der Waals surface area contributed by atoms with Crippen LogP contribution >= 0.6 is 0 Å². The second-order valence-electron chi connectivity index (χ2n) is 22.0. The van der Waals surface area contributed by atoms with Crippen LogP contribution in [-0.4, -0.2) is 37.2 Å². The molecule has 0 aliphatic heterocycles. The molecule has 1 unspecified atom stereocenters. The van der Waals surface area contributed by atoms with Gasteiger partial charge in [0.25, 0.3) is 0 Å². The minimum absolute atomic E-state index is 0.0936. The molecule has 0 aliphatic carbocycles. The van der Waals surface area contributed by atoms with Crippen LogP contribution in [0.2, 0.25) is 0 Å². The van der Waals surface area contributed by atoms with Crippen LogP contribution in [0.15, 0.2) is 146 Å². The zero-order valence-electron chi connectivity index (χ0n) is 53.2. The highest BCUT2D eigenvalue weighted by Gasteiger charge is 2.19. The third-order valence-electron chi connectivity index (χ3n) is 14.1. The predicted octanol–water partition coefficient (Wildman–Crippen LogP) is 23.5. The van der Waals surface area contributed by atoms with Crippen molar-refractivity contribution in [3.05, 3.63) is 146 Å². The first kappa shape index (κ1) is 77.3. The lowest BCUT2D eigenvalue weighted by Crippen LogP contribution is -2.30. The minimum Gasteiger partial charge on any atom is -0.462 e. The molecular formula is C76H124O6. The molecule has 0 bridgehead atoms. The summed E-state index contributed by atoms with van der Waals surface area (Å²) in [7, 11) is 0. The Morgan fingerprint density at radius 2 is 0.476 bits per heavy atom. The Balaban J connectivity index is 4.41. The van der Waals surface area contributed by atoms with E-state index in [1.807, 2.05) is 0 Å². The summed E-state index contributed by atoms with van der Waals surface area (Å²) in [5, 5.41) is 0. The van der Waals surface area contributed by atoms with E-state index in [0.29, 0.717) is 19.3 Å². The van der Waals surface area contributed by atoms with Crippen molar-refractivity contribution in [3.8, 4) is 0 Å². The summed E-state index contributed by atoms with van der Waals surface area (Å²) >= 11 is 0. The SMILES string of the molecule is CC/C=C\C/C=C\C/C=C\C/C=C\C/C=C\C/C=C\CCCCCCCCC(=O)OCC(COC(=O)CCCCCCC/C=C\CCCCCCC)OC(=O)CCCCCCCCCCC/C=C\C/C=C\C/C=C\C/C=C\C/C=C\CC. The lowest BCUT2D eigenvalue weighted by atomic mass is 10.1. The molecule has 0 N–H and O–H groups in total. The Morgan fingerprint density at radius 3 is 0.756 bits per heavy atom. The highest BCUT2D eigenvalue weighted by molar-refractivity contribution is 5.71. The van der Waals surface area contributed by atoms with Gasteiger partial charge in [0.2, 0.25) is 0 Å². The molecule has 82 heavy (non-hydrogen) atoms. The van der Waals surface area contributed by atoms with Crippen LogP contribution in [0.3, 0.4) is 0 Å². The fourth-order valence-corrected chi connectivity index (χ4v) is 9.06. The van der Waals surface area contributed by atoms with Gasteiger partial charge in [0.05, 0.1) is 0 Å². The van der Waals surface area contributed by atoms with Crippen LogP contribution < -0.4 is 0 Å². The van der Waals surface area contributed by atoms with Crippen molar-refractivity contribution in [3.63, 3.8) is 0 Å². The lowest BCUT2D eigenvalue weighted by molar-refractivity contribution is -0.167. The normalized spacial score (nSPS) is 13.1. The van der Waals surface area contributed by atoms with Gasteiger partial charge >= 0.3 is 17.9 Å². The van der Waals surface area contributed by atoms with Gasteiger partial charge in [0, 0.05) is 19.3 Å². The molecule has 0 saturated carbocycles. The maximum atomic E-state index is 13.0. The minimum atomic E-state index is -0.799. The van der Waals surface area contributed by atoms with E-state index in [2.05, 4.69) is 167 Å². The molecule has 6 nitrogen and oxygen atoms in total. The maximum absolute atomic E-state index is 13.0. The van der Waals surface area contributed by atoms with E-state index in [-0.39, 0.29) is 31.1 Å². The predicted molar refractivity (Wildman–Crippen MR) is 357 cm³/mol. The maximum Gasteiger partial charge on any atom is 0.306 e. The van der Waals surface area contributed by atoms with Crippen molar-refractivity contribution in [1.29, 1.82) is 0 Å². The van der Waals surface area contributed by atoms with E-state index in [4.69, 9.17) is 14.2 Å². The fourth-order valence-electron chi connectivity index (χ4n) is 9.06. The largest absolute Gasteiger partial charge is 0.462 e. The summed E-state index contributed by atoms with van der Waals surface area (Å²) in [6.45, 7) is 6.39. The van der Waals surface area contributed by atoms with E-state index in [0.717, 1.165) is 154 Å². The van der Waals surface area contributed by atoms with Gasteiger partial charge < -0.3 is 14.2 Å². The Labute approximate surface area is 506 Å². The van der Waals surface area contributed by atoms with Gasteiger partial charge in [-0.25, -0.2) is 0 Å². The van der Waals surface area contributed by atoms with E-state index in [1.54, 1.807) is 0 Å². The average molecular weight is 1130 g/mol. The van der Waals surface area contributed by atoms with Gasteiger partial charge in [-0.15, -0.1) is 0 Å². The number of esters is 3. The van der Waals surface area contributed by atoms with Crippen LogP contribution in [0, 0.1) is 0 Å². The van der Waals surface area contributed by atoms with Crippen molar-refractivity contribution in [2.24, 2.45) is 0 Å². The molecule has 0 aromatic heterocycles. The number of carbonyl (C=O) groups excluding carboxylic acids is 3. The average Bonchev–Trinajstić information content (AvgIpc) is 3.47. The summed E-state index contributed by atoms with van der Waals surface area (Å²) in [5.74, 6) is -0.919. The zero-order chi connectivity index (χ0) is 59.2. The van der Waals surface area contributed by atoms with Crippen molar-refractivity contribution < 1.29 is 28.6 Å². The molecule has 0 saturated heterocycles. The van der Waals surface area contributed by atoms with E-state index in [1.165, 1.54) is 103 Å². The summed E-state index contributed by atoms with van der Waals surface area (Å²) < 4.78 is 16.9. The lowest BCUT2D eigenvalue weighted by Gasteiger charge is -2.18. The number of hydrogen-bond donors (Lipinski definition) is 0. The Morgan fingerprint density at radius 1 is 0.256 bits per heavy atom. The first-order chi connectivity index (χ1) is 40.5. The summed E-state index contributed by atoms with van der Waals surface area (Å²) in [5.41, 5.74) is 0. The van der Waals surface area contributed by atoms with Gasteiger partial charge in [-0.05, 0) is 141 Å². The second kappa shape index (κ2) is 68.8. The smallest absolute Gasteiger partial charge is 0.306 e. The molecule has 0 aromatic rings. The number of ether oxygens (including phenoxy) is 3. The van der Waals surface area contributed by atoms with Crippen LogP contribution in [0.25, 0.3) is 0 Å². The first-order valence-corrected chi connectivity index (χ1v) is 33.8. The number of unbranched alkanes of at least 4 members (excludes halogenated alkanes) is 25. The molecule has 0 heterocycles. The standard InChI is InChI=1S/C76H124O6/c1-4-7-10-13-16-19-22-25-28-30-32-34-36-38-40-42-44-46-48-51-54-57-60-63-66-69-75(78)81-72-73(71-80-74(77)68-65-62-59-56-53-50-27-24-21-18-15-12-9-6-3)82-76(79)70-67-64-61-58-55-52-49-47-45-43-41-39-37-35-33-31-29-26-23-20-17-14-11-8-5-2/h7-8,10-11,16-17,19-20,24-29,32-35,38-41,44,46,73H,4-6,9,12-15,18,21-23,30-31,36-37,42-43,45,47-72H2,1-3H3/b10-7-,11-8-,19-16-,20-17-,27-24-,28-25-,29-26-,34-32-,35-33-,40-38-,41-39-,46-44-. The van der Waals surface area contributed by atoms with Crippen molar-refractivity contribution >= 4 is 17.9 Å². The van der Waals surface area contributed by atoms with Gasteiger partial charge in [-0.2, -0.15) is 0 Å². The molecular weight excluding hydrogens is 1010 g/mol. The number of allylic oxidation sites excluding steroid dienone is 24. The molecule has 0 rings (SSSR count). The summed E-state index contributed by atoms with van der Waals surface area (Å²) in [6, 6.07) is 0. The highest BCUT2D eigenvalue weighted by Crippen LogP contribution is 2.15. The molecule has 464 valence electrons. The topological polar surface area (TPSA) is 78.9 Å². The van der Waals surface area contributed by atoms with Gasteiger partial charge in [-0.3, -0.25) is 14.4 Å². The molecule has 1 atom stereocenters. The zero-order valence-corrected chi connectivity index (χ0v) is 53.2. The van der Waals surface area contributed by atoms with Crippen LogP contribution in [0.4, 0.5) is 0 Å². The monoisotopic (exact) mass is 1130 g/mol. The van der Waals surface area contributed by atoms with Crippen molar-refractivity contribution in [2.75, 3.05) is 13.2 Å². The van der Waals surface area contributed by atoms with E-state index >= 15 is 0 Å². The molecule has 0 radical (unpaired) electrons. The Bertz CT molecular complexity index is 1780. The molecule has 0 aliphatic rings. The molecule has 0 spiro atoms. The van der Waals surface area contributed by atoms with Crippen molar-refractivity contribution in [1.82, 2.24) is 0 Å². The van der Waals surface area contributed by atoms with Crippen molar-refractivity contribution in [2.45, 2.75) is 303 Å². The van der Waals surface area contributed by atoms with Crippen LogP contribution in [0.1, 0.15) is 297 Å².